The van der Waals surface area contributed by atoms with E-state index in [1.54, 1.807) is 12.1 Å². The summed E-state index contributed by atoms with van der Waals surface area (Å²) in [6.45, 7) is 4.06. The molecule has 5 heteroatoms. The molecule has 0 N–H and O–H groups in total. The van der Waals surface area contributed by atoms with Crippen LogP contribution in [0, 0.1) is 13.8 Å². The second-order valence-electron chi connectivity index (χ2n) is 10.3. The second kappa shape index (κ2) is 14.5. The van der Waals surface area contributed by atoms with E-state index >= 15 is 0 Å². The third-order valence-corrected chi connectivity index (χ3v) is 8.04. The maximum atomic E-state index is 12.6. The average molecular weight is 672 g/mol. The Hall–Kier alpha value is -3.41. The summed E-state index contributed by atoms with van der Waals surface area (Å²) >= 11 is 6.71. The molecule has 6 rings (SSSR count). The van der Waals surface area contributed by atoms with Crippen molar-refractivity contribution < 1.29 is 14.4 Å². The number of carbonyl (C=O) groups is 3. The highest BCUT2D eigenvalue weighted by atomic mass is 79.9. The van der Waals surface area contributed by atoms with Crippen LogP contribution in [-0.2, 0) is 12.8 Å². The Morgan fingerprint density at radius 1 is 0.634 bits per heavy atom. The van der Waals surface area contributed by atoms with Crippen LogP contribution in [0.3, 0.4) is 0 Å². The summed E-state index contributed by atoms with van der Waals surface area (Å²) in [7, 11) is 0. The molecule has 0 aliphatic heterocycles. The Bertz CT molecular complexity index is 1620. The smallest absolute Gasteiger partial charge is 0.189 e. The summed E-state index contributed by atoms with van der Waals surface area (Å²) in [5.41, 5.74) is 9.23. The van der Waals surface area contributed by atoms with E-state index < -0.39 is 0 Å². The zero-order valence-corrected chi connectivity index (χ0v) is 26.4. The standard InChI is InChI=1S/C18H15BrO.C11H12O.C7H5BrO/c1-12-5-6-14-7-8-15(18(20)17(14)9-12)10-13-3-2-4-16(19)11-13;1-8-5-6-9-3-2-4-11(12)10(9)7-8;8-7-3-1-2-6(4-7)5-9/h2-6,9-11H,7-8H2,1H3;5-7H,2-4H2,1H3;1-5H/b15-10+;;. The largest absolute Gasteiger partial charge is 0.298 e. The Morgan fingerprint density at radius 3 is 1.83 bits per heavy atom. The van der Waals surface area contributed by atoms with E-state index in [0.29, 0.717) is 11.3 Å². The van der Waals surface area contributed by atoms with Crippen molar-refractivity contribution in [1.82, 2.24) is 0 Å². The fourth-order valence-corrected chi connectivity index (χ4v) is 5.77. The van der Waals surface area contributed by atoms with E-state index in [-0.39, 0.29) is 5.78 Å². The molecule has 208 valence electrons. The molecule has 2 aliphatic carbocycles. The van der Waals surface area contributed by atoms with Gasteiger partial charge >= 0.3 is 0 Å². The molecule has 0 heterocycles. The molecule has 0 spiro atoms. The highest BCUT2D eigenvalue weighted by Gasteiger charge is 2.21. The summed E-state index contributed by atoms with van der Waals surface area (Å²) in [6, 6.07) is 27.6. The van der Waals surface area contributed by atoms with Gasteiger partial charge in [-0.1, -0.05) is 91.5 Å². The van der Waals surface area contributed by atoms with Crippen LogP contribution < -0.4 is 0 Å². The van der Waals surface area contributed by atoms with Crippen LogP contribution in [0.5, 0.6) is 0 Å². The number of ketones is 2. The first-order chi connectivity index (χ1) is 19.7. The van der Waals surface area contributed by atoms with Gasteiger partial charge in [0, 0.05) is 37.6 Å². The lowest BCUT2D eigenvalue weighted by Gasteiger charge is -2.18. The van der Waals surface area contributed by atoms with Crippen molar-refractivity contribution in [3.8, 4) is 0 Å². The number of hydrogen-bond donors (Lipinski definition) is 0. The van der Waals surface area contributed by atoms with Gasteiger partial charge in [0.15, 0.2) is 11.6 Å². The number of halogens is 2. The van der Waals surface area contributed by atoms with E-state index in [9.17, 15) is 14.4 Å². The summed E-state index contributed by atoms with van der Waals surface area (Å²) in [4.78, 5) is 34.2. The molecule has 0 atom stereocenters. The lowest BCUT2D eigenvalue weighted by molar-refractivity contribution is 0.0971. The summed E-state index contributed by atoms with van der Waals surface area (Å²) in [5, 5.41) is 0. The van der Waals surface area contributed by atoms with Gasteiger partial charge in [-0.25, -0.2) is 0 Å². The topological polar surface area (TPSA) is 51.2 Å². The van der Waals surface area contributed by atoms with Gasteiger partial charge in [0.2, 0.25) is 0 Å². The molecule has 0 amide bonds. The minimum absolute atomic E-state index is 0.176. The number of aldehydes is 1. The van der Waals surface area contributed by atoms with Crippen molar-refractivity contribution in [3.63, 3.8) is 0 Å². The van der Waals surface area contributed by atoms with E-state index in [1.807, 2.05) is 68.5 Å². The minimum atomic E-state index is 0.176. The lowest BCUT2D eigenvalue weighted by atomic mass is 9.85. The molecule has 4 aromatic rings. The Labute approximate surface area is 259 Å². The molecule has 3 nitrogen and oxygen atoms in total. The number of carbonyl (C=O) groups excluding carboxylic acids is 3. The Morgan fingerprint density at radius 2 is 1.22 bits per heavy atom. The second-order valence-corrected chi connectivity index (χ2v) is 12.2. The first-order valence-electron chi connectivity index (χ1n) is 13.7. The minimum Gasteiger partial charge on any atom is -0.298 e. The SMILES string of the molecule is Cc1ccc2c(c1)C(=O)/C(=C/c1cccc(Br)c1)CC2.Cc1ccc2c(c1)C(=O)CCC2.O=Cc1cccc(Br)c1. The summed E-state index contributed by atoms with van der Waals surface area (Å²) < 4.78 is 1.97. The molecule has 0 radical (unpaired) electrons. The third kappa shape index (κ3) is 8.54. The van der Waals surface area contributed by atoms with Crippen molar-refractivity contribution >= 4 is 55.8 Å². The number of rotatable bonds is 2. The van der Waals surface area contributed by atoms with E-state index in [4.69, 9.17) is 0 Å². The molecule has 0 fully saturated rings. The third-order valence-electron chi connectivity index (χ3n) is 7.06. The van der Waals surface area contributed by atoms with Crippen LogP contribution in [0.25, 0.3) is 6.08 Å². The molecule has 0 saturated carbocycles. The molecule has 0 saturated heterocycles. The van der Waals surface area contributed by atoms with Crippen LogP contribution in [-0.4, -0.2) is 17.9 Å². The molecular weight excluding hydrogens is 640 g/mol. The highest BCUT2D eigenvalue weighted by molar-refractivity contribution is 9.10. The number of allylic oxidation sites excluding steroid dienone is 1. The predicted molar refractivity (Wildman–Crippen MR) is 174 cm³/mol. The van der Waals surface area contributed by atoms with Gasteiger partial charge in [-0.3, -0.25) is 14.4 Å². The fourth-order valence-electron chi connectivity index (χ4n) is 4.93. The fraction of sp³-hybridized carbons (Fsp3) is 0.194. The van der Waals surface area contributed by atoms with Gasteiger partial charge in [-0.15, -0.1) is 0 Å². The zero-order chi connectivity index (χ0) is 29.4. The molecule has 0 bridgehead atoms. The van der Waals surface area contributed by atoms with Gasteiger partial charge < -0.3 is 0 Å². The van der Waals surface area contributed by atoms with Crippen molar-refractivity contribution in [2.24, 2.45) is 0 Å². The number of Topliss-reactive ketones (excluding diaryl/α,β-unsaturated/α-hetero) is 2. The summed E-state index contributed by atoms with van der Waals surface area (Å²) in [6.07, 6.45) is 7.43. The van der Waals surface area contributed by atoms with Crippen LogP contribution in [0.1, 0.15) is 78.2 Å². The van der Waals surface area contributed by atoms with Crippen molar-refractivity contribution in [3.05, 3.63) is 144 Å². The number of aryl methyl sites for hydroxylation is 4. The average Bonchev–Trinajstić information content (AvgIpc) is 2.96. The normalized spacial score (nSPS) is 14.6. The maximum Gasteiger partial charge on any atom is 0.189 e. The number of hydrogen-bond acceptors (Lipinski definition) is 3. The van der Waals surface area contributed by atoms with Crippen molar-refractivity contribution in [2.75, 3.05) is 0 Å². The Kier molecular flexibility index (Phi) is 10.8. The van der Waals surface area contributed by atoms with Crippen LogP contribution >= 0.6 is 31.9 Å². The first kappa shape index (κ1) is 30.5. The molecule has 2 aliphatic rings. The quantitative estimate of drug-likeness (QED) is 0.157. The molecule has 4 aromatic carbocycles. The number of benzene rings is 4. The van der Waals surface area contributed by atoms with E-state index in [2.05, 4.69) is 56.1 Å². The van der Waals surface area contributed by atoms with Gasteiger partial charge in [-0.05, 0) is 98.7 Å². The molecular formula is C36H32Br2O3. The van der Waals surface area contributed by atoms with Crippen LogP contribution in [0.15, 0.2) is 99.4 Å². The molecule has 0 unspecified atom stereocenters. The van der Waals surface area contributed by atoms with Gasteiger partial charge in [-0.2, -0.15) is 0 Å². The predicted octanol–water partition coefficient (Wildman–Crippen LogP) is 9.75. The monoisotopic (exact) mass is 670 g/mol. The first-order valence-corrected chi connectivity index (χ1v) is 15.3. The highest BCUT2D eigenvalue weighted by Crippen LogP contribution is 2.28. The molecule has 0 aromatic heterocycles. The van der Waals surface area contributed by atoms with Gasteiger partial charge in [0.05, 0.1) is 0 Å². The number of fused-ring (bicyclic) bond motifs is 2. The zero-order valence-electron chi connectivity index (χ0n) is 23.3. The van der Waals surface area contributed by atoms with Crippen molar-refractivity contribution in [1.29, 1.82) is 0 Å². The van der Waals surface area contributed by atoms with E-state index in [1.165, 1.54) is 16.7 Å². The van der Waals surface area contributed by atoms with Gasteiger partial charge in [0.25, 0.3) is 0 Å². The van der Waals surface area contributed by atoms with E-state index in [0.717, 1.165) is 75.2 Å². The maximum absolute atomic E-state index is 12.6. The Balaban J connectivity index is 0.000000156. The van der Waals surface area contributed by atoms with Crippen LogP contribution in [0.4, 0.5) is 0 Å². The van der Waals surface area contributed by atoms with Crippen LogP contribution in [0.2, 0.25) is 0 Å². The van der Waals surface area contributed by atoms with Gasteiger partial charge in [0.1, 0.15) is 6.29 Å². The summed E-state index contributed by atoms with van der Waals surface area (Å²) in [5.74, 6) is 0.495. The van der Waals surface area contributed by atoms with Crippen molar-refractivity contribution in [2.45, 2.75) is 46.0 Å². The lowest BCUT2D eigenvalue weighted by Crippen LogP contribution is -2.14. The molecule has 41 heavy (non-hydrogen) atoms.